The molecule has 5 heteroatoms. The SMILES string of the molecule is CCN(Cc1ccccc1F)C1CCS(=O)(=O)C1. The lowest BCUT2D eigenvalue weighted by Gasteiger charge is -2.26. The van der Waals surface area contributed by atoms with E-state index in [1.54, 1.807) is 18.2 Å². The smallest absolute Gasteiger partial charge is 0.151 e. The Morgan fingerprint density at radius 3 is 2.67 bits per heavy atom. The molecule has 18 heavy (non-hydrogen) atoms. The molecule has 1 saturated heterocycles. The molecule has 0 saturated carbocycles. The third kappa shape index (κ3) is 3.09. The van der Waals surface area contributed by atoms with Gasteiger partial charge in [-0.3, -0.25) is 4.90 Å². The van der Waals surface area contributed by atoms with Crippen molar-refractivity contribution in [2.24, 2.45) is 0 Å². The zero-order valence-electron chi connectivity index (χ0n) is 10.5. The third-order valence-corrected chi connectivity index (χ3v) is 5.21. The Kier molecular flexibility index (Phi) is 4.02. The lowest BCUT2D eigenvalue weighted by molar-refractivity contribution is 0.212. The van der Waals surface area contributed by atoms with Gasteiger partial charge in [-0.25, -0.2) is 12.8 Å². The van der Waals surface area contributed by atoms with Gasteiger partial charge in [-0.2, -0.15) is 0 Å². The van der Waals surface area contributed by atoms with E-state index in [9.17, 15) is 12.8 Å². The molecule has 1 heterocycles. The number of hydrogen-bond acceptors (Lipinski definition) is 3. The van der Waals surface area contributed by atoms with Crippen LogP contribution in [0.4, 0.5) is 4.39 Å². The highest BCUT2D eigenvalue weighted by molar-refractivity contribution is 7.91. The van der Waals surface area contributed by atoms with Gasteiger partial charge in [-0.15, -0.1) is 0 Å². The Balaban J connectivity index is 2.09. The van der Waals surface area contributed by atoms with Crippen LogP contribution in [0.15, 0.2) is 24.3 Å². The van der Waals surface area contributed by atoms with Gasteiger partial charge in [0.05, 0.1) is 11.5 Å². The standard InChI is InChI=1S/C13H18FNO2S/c1-2-15(12-7-8-18(16,17)10-12)9-11-5-3-4-6-13(11)14/h3-6,12H,2,7-10H2,1H3. The van der Waals surface area contributed by atoms with E-state index < -0.39 is 9.84 Å². The largest absolute Gasteiger partial charge is 0.295 e. The van der Waals surface area contributed by atoms with E-state index in [-0.39, 0.29) is 23.4 Å². The predicted molar refractivity (Wildman–Crippen MR) is 69.5 cm³/mol. The van der Waals surface area contributed by atoms with Crippen LogP contribution in [0.3, 0.4) is 0 Å². The fourth-order valence-electron chi connectivity index (χ4n) is 2.41. The van der Waals surface area contributed by atoms with Crippen molar-refractivity contribution >= 4 is 9.84 Å². The highest BCUT2D eigenvalue weighted by atomic mass is 32.2. The first kappa shape index (κ1) is 13.5. The zero-order chi connectivity index (χ0) is 13.2. The summed E-state index contributed by atoms with van der Waals surface area (Å²) in [4.78, 5) is 2.04. The lowest BCUT2D eigenvalue weighted by Crippen LogP contribution is -2.35. The molecule has 3 nitrogen and oxygen atoms in total. The molecule has 0 aromatic heterocycles. The number of halogens is 1. The molecule has 0 spiro atoms. The number of sulfone groups is 1. The molecule has 0 N–H and O–H groups in total. The van der Waals surface area contributed by atoms with Crippen molar-refractivity contribution in [3.63, 3.8) is 0 Å². The van der Waals surface area contributed by atoms with E-state index in [0.717, 1.165) is 6.54 Å². The summed E-state index contributed by atoms with van der Waals surface area (Å²) in [6.07, 6.45) is 0.657. The number of benzene rings is 1. The fraction of sp³-hybridized carbons (Fsp3) is 0.538. The lowest BCUT2D eigenvalue weighted by atomic mass is 10.1. The predicted octanol–water partition coefficient (Wildman–Crippen LogP) is 1.83. The molecule has 100 valence electrons. The van der Waals surface area contributed by atoms with Gasteiger partial charge in [0.15, 0.2) is 9.84 Å². The van der Waals surface area contributed by atoms with Crippen molar-refractivity contribution in [1.82, 2.24) is 4.90 Å². The molecule has 1 aromatic rings. The Labute approximate surface area is 108 Å². The highest BCUT2D eigenvalue weighted by Crippen LogP contribution is 2.20. The molecule has 1 unspecified atom stereocenters. The molecule has 1 aliphatic heterocycles. The quantitative estimate of drug-likeness (QED) is 0.838. The second kappa shape index (κ2) is 5.36. The van der Waals surface area contributed by atoms with Crippen LogP contribution in [-0.4, -0.2) is 37.4 Å². The number of hydrogen-bond donors (Lipinski definition) is 0. The van der Waals surface area contributed by atoms with Gasteiger partial charge in [0.25, 0.3) is 0 Å². The maximum atomic E-state index is 13.6. The summed E-state index contributed by atoms with van der Waals surface area (Å²) in [5, 5.41) is 0. The van der Waals surface area contributed by atoms with E-state index in [4.69, 9.17) is 0 Å². The van der Waals surface area contributed by atoms with Crippen LogP contribution in [0.5, 0.6) is 0 Å². The van der Waals surface area contributed by atoms with Gasteiger partial charge in [0.2, 0.25) is 0 Å². The molecule has 1 atom stereocenters. The van der Waals surface area contributed by atoms with Crippen molar-refractivity contribution in [3.8, 4) is 0 Å². The average molecular weight is 271 g/mol. The van der Waals surface area contributed by atoms with Gasteiger partial charge in [-0.1, -0.05) is 25.1 Å². The van der Waals surface area contributed by atoms with Gasteiger partial charge >= 0.3 is 0 Å². The second-order valence-electron chi connectivity index (χ2n) is 4.71. The van der Waals surface area contributed by atoms with Crippen molar-refractivity contribution in [2.75, 3.05) is 18.1 Å². The molecular weight excluding hydrogens is 253 g/mol. The van der Waals surface area contributed by atoms with Crippen LogP contribution in [0.2, 0.25) is 0 Å². The Hall–Kier alpha value is -0.940. The molecular formula is C13H18FNO2S. The van der Waals surface area contributed by atoms with Crippen LogP contribution in [0.1, 0.15) is 18.9 Å². The van der Waals surface area contributed by atoms with Gasteiger partial charge < -0.3 is 0 Å². The minimum atomic E-state index is -2.89. The van der Waals surface area contributed by atoms with Crippen LogP contribution >= 0.6 is 0 Å². The molecule has 1 fully saturated rings. The average Bonchev–Trinajstić information content (AvgIpc) is 2.68. The van der Waals surface area contributed by atoms with Crippen LogP contribution in [0.25, 0.3) is 0 Å². The van der Waals surface area contributed by atoms with Crippen LogP contribution < -0.4 is 0 Å². The normalized spacial score (nSPS) is 22.5. The summed E-state index contributed by atoms with van der Waals surface area (Å²) >= 11 is 0. The monoisotopic (exact) mass is 271 g/mol. The van der Waals surface area contributed by atoms with Gasteiger partial charge in [-0.05, 0) is 19.0 Å². The molecule has 1 aliphatic rings. The minimum absolute atomic E-state index is 0.0274. The summed E-state index contributed by atoms with van der Waals surface area (Å²) in [6.45, 7) is 3.18. The van der Waals surface area contributed by atoms with E-state index >= 15 is 0 Å². The van der Waals surface area contributed by atoms with Crippen molar-refractivity contribution in [1.29, 1.82) is 0 Å². The van der Waals surface area contributed by atoms with Crippen molar-refractivity contribution in [2.45, 2.75) is 25.9 Å². The molecule has 0 aliphatic carbocycles. The first-order valence-corrected chi connectivity index (χ1v) is 8.02. The third-order valence-electron chi connectivity index (χ3n) is 3.46. The topological polar surface area (TPSA) is 37.4 Å². The number of rotatable bonds is 4. The summed E-state index contributed by atoms with van der Waals surface area (Å²) in [7, 11) is -2.89. The minimum Gasteiger partial charge on any atom is -0.295 e. The van der Waals surface area contributed by atoms with Crippen LogP contribution in [0, 0.1) is 5.82 Å². The zero-order valence-corrected chi connectivity index (χ0v) is 11.3. The maximum Gasteiger partial charge on any atom is 0.151 e. The van der Waals surface area contributed by atoms with Crippen molar-refractivity contribution in [3.05, 3.63) is 35.6 Å². The second-order valence-corrected chi connectivity index (χ2v) is 6.94. The number of nitrogens with zero attached hydrogens (tertiary/aromatic N) is 1. The first-order valence-electron chi connectivity index (χ1n) is 6.19. The van der Waals surface area contributed by atoms with Crippen LogP contribution in [-0.2, 0) is 16.4 Å². The maximum absolute atomic E-state index is 13.6. The molecule has 0 amide bonds. The molecule has 0 bridgehead atoms. The first-order chi connectivity index (χ1) is 8.52. The Bertz CT molecular complexity index is 515. The molecule has 1 aromatic carbocycles. The van der Waals surface area contributed by atoms with Gasteiger partial charge in [0, 0.05) is 18.2 Å². The summed E-state index contributed by atoms with van der Waals surface area (Å²) in [5.74, 6) is 0.234. The highest BCUT2D eigenvalue weighted by Gasteiger charge is 2.31. The molecule has 0 radical (unpaired) electrons. The Morgan fingerprint density at radius 1 is 1.39 bits per heavy atom. The fourth-order valence-corrected chi connectivity index (χ4v) is 4.17. The summed E-state index contributed by atoms with van der Waals surface area (Å²) in [5.41, 5.74) is 0.628. The Morgan fingerprint density at radius 2 is 2.11 bits per heavy atom. The van der Waals surface area contributed by atoms with Gasteiger partial charge in [0.1, 0.15) is 5.82 Å². The van der Waals surface area contributed by atoms with E-state index in [2.05, 4.69) is 0 Å². The molecule has 2 rings (SSSR count). The van der Waals surface area contributed by atoms with E-state index in [1.807, 2.05) is 11.8 Å². The van der Waals surface area contributed by atoms with E-state index in [1.165, 1.54) is 6.07 Å². The van der Waals surface area contributed by atoms with Crippen molar-refractivity contribution < 1.29 is 12.8 Å². The summed E-state index contributed by atoms with van der Waals surface area (Å²) < 4.78 is 36.5. The summed E-state index contributed by atoms with van der Waals surface area (Å²) in [6, 6.07) is 6.68. The van der Waals surface area contributed by atoms with E-state index in [0.29, 0.717) is 18.5 Å².